The van der Waals surface area contributed by atoms with E-state index in [-0.39, 0.29) is 11.4 Å². The first-order valence-electron chi connectivity index (χ1n) is 8.37. The zero-order valence-electron chi connectivity index (χ0n) is 16.1. The molecule has 0 bridgehead atoms. The molecule has 0 aliphatic rings. The molecule has 0 fully saturated rings. The minimum absolute atomic E-state index is 0.229. The van der Waals surface area contributed by atoms with E-state index in [1.54, 1.807) is 0 Å². The summed E-state index contributed by atoms with van der Waals surface area (Å²) in [6.07, 6.45) is -3.61. The minimum atomic E-state index is -4.83. The van der Waals surface area contributed by atoms with Gasteiger partial charge in [0.2, 0.25) is 0 Å². The number of nitrogens with zero attached hydrogens (tertiary/aromatic N) is 1. The van der Waals surface area contributed by atoms with Gasteiger partial charge in [0.25, 0.3) is 0 Å². The third-order valence-corrected chi connectivity index (χ3v) is 3.60. The summed E-state index contributed by atoms with van der Waals surface area (Å²) >= 11 is 0. The normalized spacial score (nSPS) is 11.9. The second-order valence-corrected chi connectivity index (χ2v) is 5.78. The highest BCUT2D eigenvalue weighted by Gasteiger charge is 2.37. The number of rotatable bonds is 5. The minimum Gasteiger partial charge on any atom is -0.465 e. The molecule has 1 heterocycles. The Morgan fingerprint density at radius 3 is 2.20 bits per heavy atom. The Bertz CT molecular complexity index is 1010. The summed E-state index contributed by atoms with van der Waals surface area (Å²) in [6.45, 7) is 2.07. The maximum atomic E-state index is 13.6. The molecule has 10 heteroatoms. The highest BCUT2D eigenvalue weighted by Crippen LogP contribution is 2.39. The van der Waals surface area contributed by atoms with Gasteiger partial charge in [0.1, 0.15) is 11.3 Å². The van der Waals surface area contributed by atoms with Crippen molar-refractivity contribution in [2.24, 2.45) is 0 Å². The molecular formula is C20H16F3NO6. The van der Waals surface area contributed by atoms with Crippen LogP contribution in [0.4, 0.5) is 13.2 Å². The number of halogens is 3. The molecule has 158 valence electrons. The van der Waals surface area contributed by atoms with Crippen molar-refractivity contribution in [2.45, 2.75) is 20.0 Å². The fourth-order valence-electron chi connectivity index (χ4n) is 2.54. The van der Waals surface area contributed by atoms with E-state index in [4.69, 9.17) is 9.47 Å². The van der Waals surface area contributed by atoms with Crippen LogP contribution in [0.5, 0.6) is 5.75 Å². The van der Waals surface area contributed by atoms with Gasteiger partial charge in [0.15, 0.2) is 11.5 Å². The van der Waals surface area contributed by atoms with E-state index in [2.05, 4.69) is 9.72 Å². The number of methoxy groups -OCH3 is 1. The molecule has 0 saturated carbocycles. The van der Waals surface area contributed by atoms with Crippen molar-refractivity contribution in [1.29, 1.82) is 0 Å². The van der Waals surface area contributed by atoms with Gasteiger partial charge in [0, 0.05) is 25.6 Å². The van der Waals surface area contributed by atoms with Gasteiger partial charge in [-0.25, -0.2) is 9.78 Å². The van der Waals surface area contributed by atoms with Crippen LogP contribution >= 0.6 is 0 Å². The van der Waals surface area contributed by atoms with Gasteiger partial charge in [-0.05, 0) is 18.2 Å². The van der Waals surface area contributed by atoms with Crippen LogP contribution in [0.25, 0.3) is 11.3 Å². The van der Waals surface area contributed by atoms with E-state index in [1.807, 2.05) is 0 Å². The fourth-order valence-corrected chi connectivity index (χ4v) is 2.54. The Kier molecular flexibility index (Phi) is 6.93. The van der Waals surface area contributed by atoms with E-state index < -0.39 is 46.5 Å². The second-order valence-electron chi connectivity index (χ2n) is 5.78. The van der Waals surface area contributed by atoms with Crippen molar-refractivity contribution < 1.29 is 41.8 Å². The number of hydrogen-bond donors (Lipinski definition) is 0. The number of aromatic nitrogens is 1. The monoisotopic (exact) mass is 423 g/mol. The third-order valence-electron chi connectivity index (χ3n) is 3.60. The number of carbonyl (C=O) groups is 3. The Hall–Kier alpha value is -3.69. The van der Waals surface area contributed by atoms with Gasteiger partial charge in [-0.2, -0.15) is 13.2 Å². The van der Waals surface area contributed by atoms with Crippen molar-refractivity contribution in [3.8, 4) is 5.75 Å². The maximum Gasteiger partial charge on any atom is 0.417 e. The van der Waals surface area contributed by atoms with E-state index in [0.29, 0.717) is 0 Å². The number of pyridine rings is 1. The Labute approximate surface area is 169 Å². The highest BCUT2D eigenvalue weighted by molar-refractivity contribution is 6.24. The largest absolute Gasteiger partial charge is 0.465 e. The van der Waals surface area contributed by atoms with Crippen LogP contribution in [0.3, 0.4) is 0 Å². The van der Waals surface area contributed by atoms with Crippen LogP contribution in [0, 0.1) is 0 Å². The molecule has 0 radical (unpaired) electrons. The van der Waals surface area contributed by atoms with Crippen LogP contribution in [0.2, 0.25) is 0 Å². The number of esters is 3. The Morgan fingerprint density at radius 2 is 1.63 bits per heavy atom. The van der Waals surface area contributed by atoms with Crippen LogP contribution in [-0.4, -0.2) is 30.0 Å². The smallest absolute Gasteiger partial charge is 0.417 e. The van der Waals surface area contributed by atoms with E-state index >= 15 is 0 Å². The SMILES string of the molecule is COC(=O)C(=C(OC(C)=O)c1ncccc1OC(C)=O)c1ccccc1C(F)(F)F. The quantitative estimate of drug-likeness (QED) is 0.412. The summed E-state index contributed by atoms with van der Waals surface area (Å²) in [7, 11) is 0.954. The second kappa shape index (κ2) is 9.21. The first kappa shape index (κ1) is 22.6. The number of benzene rings is 1. The Balaban J connectivity index is 2.96. The molecule has 0 atom stereocenters. The summed E-state index contributed by atoms with van der Waals surface area (Å²) in [5.41, 5.74) is -2.82. The molecular weight excluding hydrogens is 407 g/mol. The predicted molar refractivity (Wildman–Crippen MR) is 97.6 cm³/mol. The summed E-state index contributed by atoms with van der Waals surface area (Å²) in [6, 6.07) is 6.84. The molecule has 7 nitrogen and oxygen atoms in total. The van der Waals surface area contributed by atoms with Gasteiger partial charge >= 0.3 is 24.1 Å². The standard InChI is InChI=1S/C20H16F3NO6/c1-11(25)29-15-9-6-10-24-17(15)18(30-12(2)26)16(19(27)28-3)13-7-4-5-8-14(13)20(21,22)23/h4-10H,1-3H3. The first-order valence-corrected chi connectivity index (χ1v) is 8.37. The topological polar surface area (TPSA) is 91.8 Å². The van der Waals surface area contributed by atoms with Gasteiger partial charge in [0.05, 0.1) is 12.7 Å². The molecule has 0 N–H and O–H groups in total. The van der Waals surface area contributed by atoms with Crippen LogP contribution < -0.4 is 4.74 Å². The Morgan fingerprint density at radius 1 is 0.967 bits per heavy atom. The highest BCUT2D eigenvalue weighted by atomic mass is 19.4. The predicted octanol–water partition coefficient (Wildman–Crippen LogP) is 3.63. The molecule has 0 unspecified atom stereocenters. The number of hydrogen-bond acceptors (Lipinski definition) is 7. The van der Waals surface area contributed by atoms with Crippen LogP contribution in [-0.2, 0) is 30.0 Å². The van der Waals surface area contributed by atoms with Gasteiger partial charge in [-0.15, -0.1) is 0 Å². The molecule has 0 aliphatic carbocycles. The molecule has 0 aliphatic heterocycles. The number of alkyl halides is 3. The fraction of sp³-hybridized carbons (Fsp3) is 0.200. The number of ether oxygens (including phenoxy) is 3. The first-order chi connectivity index (χ1) is 14.1. The van der Waals surface area contributed by atoms with Crippen molar-refractivity contribution in [3.63, 3.8) is 0 Å². The van der Waals surface area contributed by atoms with Crippen molar-refractivity contribution in [3.05, 3.63) is 59.4 Å². The lowest BCUT2D eigenvalue weighted by Crippen LogP contribution is -2.16. The lowest BCUT2D eigenvalue weighted by molar-refractivity contribution is -0.138. The summed E-state index contributed by atoms with van der Waals surface area (Å²) in [5.74, 6) is -3.81. The maximum absolute atomic E-state index is 13.6. The summed E-state index contributed by atoms with van der Waals surface area (Å²) in [4.78, 5) is 39.6. The average Bonchev–Trinajstić information content (AvgIpc) is 2.66. The van der Waals surface area contributed by atoms with Crippen LogP contribution in [0.15, 0.2) is 42.6 Å². The van der Waals surface area contributed by atoms with Gasteiger partial charge < -0.3 is 14.2 Å². The summed E-state index contributed by atoms with van der Waals surface area (Å²) < 4.78 is 55.5. The average molecular weight is 423 g/mol. The van der Waals surface area contributed by atoms with Crippen molar-refractivity contribution in [2.75, 3.05) is 7.11 Å². The zero-order chi connectivity index (χ0) is 22.5. The molecule has 0 saturated heterocycles. The van der Waals surface area contributed by atoms with E-state index in [9.17, 15) is 27.6 Å². The third kappa shape index (κ3) is 5.22. The van der Waals surface area contributed by atoms with Gasteiger partial charge in [-0.1, -0.05) is 18.2 Å². The van der Waals surface area contributed by atoms with E-state index in [0.717, 1.165) is 39.2 Å². The molecule has 1 aromatic carbocycles. The van der Waals surface area contributed by atoms with Crippen molar-refractivity contribution >= 4 is 29.2 Å². The molecule has 2 aromatic rings. The zero-order valence-corrected chi connectivity index (χ0v) is 16.1. The van der Waals surface area contributed by atoms with Crippen molar-refractivity contribution in [1.82, 2.24) is 4.98 Å². The lowest BCUT2D eigenvalue weighted by atomic mass is 9.96. The number of carbonyl (C=O) groups excluding carboxylic acids is 3. The van der Waals surface area contributed by atoms with E-state index in [1.165, 1.54) is 24.4 Å². The summed E-state index contributed by atoms with van der Waals surface area (Å²) in [5, 5.41) is 0. The molecule has 1 aromatic heterocycles. The molecule has 0 spiro atoms. The molecule has 30 heavy (non-hydrogen) atoms. The molecule has 0 amide bonds. The van der Waals surface area contributed by atoms with Gasteiger partial charge in [-0.3, -0.25) is 9.59 Å². The molecule has 2 rings (SSSR count). The lowest BCUT2D eigenvalue weighted by Gasteiger charge is -2.18. The van der Waals surface area contributed by atoms with Crippen LogP contribution in [0.1, 0.15) is 30.7 Å².